The second kappa shape index (κ2) is 9.39. The SMILES string of the molecule is Cc1ccc(-c2coc3cc4oc(=O)c(CC(=O)NC(=S)Nc5cccc(F)c5)c(C)c4cc23)cc1. The summed E-state index contributed by atoms with van der Waals surface area (Å²) in [6.45, 7) is 3.81. The van der Waals surface area contributed by atoms with Crippen molar-refractivity contribution in [2.45, 2.75) is 20.3 Å². The molecule has 8 heteroatoms. The molecule has 0 radical (unpaired) electrons. The summed E-state index contributed by atoms with van der Waals surface area (Å²) < 4.78 is 24.7. The van der Waals surface area contributed by atoms with E-state index < -0.39 is 17.3 Å². The summed E-state index contributed by atoms with van der Waals surface area (Å²) in [6.07, 6.45) is 1.45. The van der Waals surface area contributed by atoms with E-state index >= 15 is 0 Å². The van der Waals surface area contributed by atoms with Crippen LogP contribution in [0.15, 0.2) is 80.6 Å². The number of hydrogen-bond acceptors (Lipinski definition) is 5. The molecule has 0 spiro atoms. The lowest BCUT2D eigenvalue weighted by atomic mass is 9.99. The maximum atomic E-state index is 13.4. The van der Waals surface area contributed by atoms with Gasteiger partial charge in [0.1, 0.15) is 17.0 Å². The van der Waals surface area contributed by atoms with Crippen molar-refractivity contribution in [2.75, 3.05) is 5.32 Å². The number of aryl methyl sites for hydroxylation is 2. The highest BCUT2D eigenvalue weighted by atomic mass is 32.1. The smallest absolute Gasteiger partial charge is 0.340 e. The lowest BCUT2D eigenvalue weighted by molar-refractivity contribution is -0.119. The number of nitrogens with one attached hydrogen (secondary N) is 2. The highest BCUT2D eigenvalue weighted by Gasteiger charge is 2.18. The van der Waals surface area contributed by atoms with E-state index in [1.54, 1.807) is 25.3 Å². The van der Waals surface area contributed by atoms with Crippen LogP contribution >= 0.6 is 12.2 Å². The van der Waals surface area contributed by atoms with E-state index in [0.717, 1.165) is 22.1 Å². The minimum absolute atomic E-state index is 0.00345. The molecule has 6 nitrogen and oxygen atoms in total. The van der Waals surface area contributed by atoms with Gasteiger partial charge in [0.05, 0.1) is 18.2 Å². The second-order valence-corrected chi connectivity index (χ2v) is 8.95. The predicted octanol–water partition coefficient (Wildman–Crippen LogP) is 6.02. The molecule has 36 heavy (non-hydrogen) atoms. The van der Waals surface area contributed by atoms with Gasteiger partial charge in [-0.15, -0.1) is 0 Å². The lowest BCUT2D eigenvalue weighted by Gasteiger charge is -2.11. The van der Waals surface area contributed by atoms with Gasteiger partial charge < -0.3 is 19.5 Å². The van der Waals surface area contributed by atoms with E-state index in [1.807, 2.05) is 37.3 Å². The van der Waals surface area contributed by atoms with E-state index in [1.165, 1.54) is 18.2 Å². The maximum Gasteiger partial charge on any atom is 0.340 e. The van der Waals surface area contributed by atoms with Crippen LogP contribution in [0.1, 0.15) is 16.7 Å². The Labute approximate surface area is 210 Å². The number of benzene rings is 3. The van der Waals surface area contributed by atoms with Gasteiger partial charge >= 0.3 is 5.63 Å². The van der Waals surface area contributed by atoms with Crippen LogP contribution in [0, 0.1) is 19.7 Å². The molecule has 0 fully saturated rings. The van der Waals surface area contributed by atoms with Crippen LogP contribution in [0.5, 0.6) is 0 Å². The highest BCUT2D eigenvalue weighted by molar-refractivity contribution is 7.80. The Morgan fingerprint density at radius 2 is 1.78 bits per heavy atom. The Morgan fingerprint density at radius 3 is 2.53 bits per heavy atom. The van der Waals surface area contributed by atoms with Gasteiger partial charge in [-0.3, -0.25) is 4.79 Å². The van der Waals surface area contributed by atoms with Crippen LogP contribution in [0.2, 0.25) is 0 Å². The molecule has 2 N–H and O–H groups in total. The summed E-state index contributed by atoms with van der Waals surface area (Å²) in [6, 6.07) is 17.4. The summed E-state index contributed by atoms with van der Waals surface area (Å²) in [4.78, 5) is 25.4. The summed E-state index contributed by atoms with van der Waals surface area (Å²) in [7, 11) is 0. The molecule has 5 rings (SSSR count). The van der Waals surface area contributed by atoms with E-state index in [0.29, 0.717) is 27.8 Å². The van der Waals surface area contributed by atoms with Crippen LogP contribution in [0.4, 0.5) is 10.1 Å². The summed E-state index contributed by atoms with van der Waals surface area (Å²) in [5.74, 6) is -0.931. The van der Waals surface area contributed by atoms with Gasteiger partial charge in [0, 0.05) is 28.1 Å². The van der Waals surface area contributed by atoms with Crippen molar-refractivity contribution >= 4 is 50.9 Å². The topological polar surface area (TPSA) is 84.5 Å². The van der Waals surface area contributed by atoms with Gasteiger partial charge in [0.15, 0.2) is 5.11 Å². The third kappa shape index (κ3) is 4.63. The monoisotopic (exact) mass is 500 g/mol. The maximum absolute atomic E-state index is 13.4. The molecule has 2 heterocycles. The summed E-state index contributed by atoms with van der Waals surface area (Å²) in [5.41, 5.74) is 4.72. The Bertz CT molecular complexity index is 1700. The minimum atomic E-state index is -0.608. The van der Waals surface area contributed by atoms with Gasteiger partial charge in [-0.05, 0) is 61.5 Å². The van der Waals surface area contributed by atoms with Gasteiger partial charge in [0.2, 0.25) is 5.91 Å². The van der Waals surface area contributed by atoms with Crippen LogP contribution < -0.4 is 16.3 Å². The lowest BCUT2D eigenvalue weighted by Crippen LogP contribution is -2.36. The molecule has 0 saturated carbocycles. The molecule has 1 amide bonds. The second-order valence-electron chi connectivity index (χ2n) is 8.54. The van der Waals surface area contributed by atoms with Crippen LogP contribution in [-0.4, -0.2) is 11.0 Å². The zero-order valence-corrected chi connectivity index (χ0v) is 20.3. The normalized spacial score (nSPS) is 11.1. The molecular weight excluding hydrogens is 479 g/mol. The van der Waals surface area contributed by atoms with Crippen LogP contribution in [0.25, 0.3) is 33.1 Å². The molecular formula is C28H21FN2O4S. The molecule has 0 aliphatic rings. The molecule has 3 aromatic carbocycles. The van der Waals surface area contributed by atoms with Crippen molar-refractivity contribution in [3.8, 4) is 11.1 Å². The minimum Gasteiger partial charge on any atom is -0.464 e. The molecule has 0 unspecified atom stereocenters. The Balaban J connectivity index is 1.44. The number of fused-ring (bicyclic) bond motifs is 2. The Morgan fingerprint density at radius 1 is 1.00 bits per heavy atom. The molecule has 0 bridgehead atoms. The summed E-state index contributed by atoms with van der Waals surface area (Å²) >= 11 is 5.15. The standard InChI is InChI=1S/C28H21FN2O4S/c1-15-6-8-17(9-7-15)23-14-34-24-13-25-20(11-22(23)24)16(2)21(27(33)35-25)12-26(32)31-28(36)30-19-5-3-4-18(29)10-19/h3-11,13-14H,12H2,1-2H3,(H2,30,31,32,36). The first kappa shape index (κ1) is 23.4. The molecule has 180 valence electrons. The number of thiocarbonyl (C=S) groups is 1. The molecule has 0 atom stereocenters. The third-order valence-corrected chi connectivity index (χ3v) is 6.22. The van der Waals surface area contributed by atoms with Gasteiger partial charge in [-0.1, -0.05) is 35.9 Å². The first-order chi connectivity index (χ1) is 17.3. The fourth-order valence-electron chi connectivity index (χ4n) is 4.13. The molecule has 2 aromatic heterocycles. The number of furan rings is 1. The zero-order valence-electron chi connectivity index (χ0n) is 19.5. The van der Waals surface area contributed by atoms with E-state index in [9.17, 15) is 14.0 Å². The largest absolute Gasteiger partial charge is 0.464 e. The van der Waals surface area contributed by atoms with Gasteiger partial charge in [-0.2, -0.15) is 0 Å². The zero-order chi connectivity index (χ0) is 25.4. The molecule has 0 aliphatic heterocycles. The Kier molecular flexibility index (Phi) is 6.12. The number of hydrogen-bond donors (Lipinski definition) is 2. The number of rotatable bonds is 4. The van der Waals surface area contributed by atoms with Crippen molar-refractivity contribution in [1.82, 2.24) is 5.32 Å². The Hall–Kier alpha value is -4.30. The number of amides is 1. The summed E-state index contributed by atoms with van der Waals surface area (Å²) in [5, 5.41) is 6.85. The molecule has 0 aliphatic carbocycles. The fourth-order valence-corrected chi connectivity index (χ4v) is 4.36. The number of anilines is 1. The van der Waals surface area contributed by atoms with Crippen molar-refractivity contribution in [1.29, 1.82) is 0 Å². The number of halogens is 1. The van der Waals surface area contributed by atoms with Crippen molar-refractivity contribution in [3.05, 3.63) is 99.9 Å². The number of carbonyl (C=O) groups is 1. The third-order valence-electron chi connectivity index (χ3n) is 6.02. The number of carbonyl (C=O) groups excluding carboxylic acids is 1. The van der Waals surface area contributed by atoms with E-state index in [4.69, 9.17) is 21.1 Å². The molecule has 0 saturated heterocycles. The fraction of sp³-hybridized carbons (Fsp3) is 0.107. The van der Waals surface area contributed by atoms with Crippen molar-refractivity contribution in [3.63, 3.8) is 0 Å². The molecule has 5 aromatic rings. The van der Waals surface area contributed by atoms with Gasteiger partial charge in [-0.25, -0.2) is 9.18 Å². The quantitative estimate of drug-likeness (QED) is 0.232. The average Bonchev–Trinajstić information content (AvgIpc) is 3.24. The van der Waals surface area contributed by atoms with Crippen LogP contribution in [-0.2, 0) is 11.2 Å². The highest BCUT2D eigenvalue weighted by Crippen LogP contribution is 2.34. The van der Waals surface area contributed by atoms with Crippen LogP contribution in [0.3, 0.4) is 0 Å². The van der Waals surface area contributed by atoms with Gasteiger partial charge in [0.25, 0.3) is 0 Å². The average molecular weight is 501 g/mol. The van der Waals surface area contributed by atoms with Crippen molar-refractivity contribution in [2.24, 2.45) is 0 Å². The first-order valence-electron chi connectivity index (χ1n) is 11.2. The first-order valence-corrected chi connectivity index (χ1v) is 11.6. The van der Waals surface area contributed by atoms with E-state index in [-0.39, 0.29) is 17.1 Å². The van der Waals surface area contributed by atoms with Crippen molar-refractivity contribution < 1.29 is 18.0 Å². The predicted molar refractivity (Wildman–Crippen MR) is 142 cm³/mol. The van der Waals surface area contributed by atoms with E-state index in [2.05, 4.69) is 10.6 Å².